The van der Waals surface area contributed by atoms with Crippen molar-refractivity contribution in [3.8, 4) is 0 Å². The molecule has 3 aromatic rings. The number of benzene rings is 2. The van der Waals surface area contributed by atoms with Gasteiger partial charge in [-0.15, -0.1) is 0 Å². The van der Waals surface area contributed by atoms with Gasteiger partial charge in [0.05, 0.1) is 5.69 Å². The average Bonchev–Trinajstić information content (AvgIpc) is 3.07. The van der Waals surface area contributed by atoms with E-state index < -0.39 is 0 Å². The summed E-state index contributed by atoms with van der Waals surface area (Å²) >= 11 is 3.52. The van der Waals surface area contributed by atoms with Crippen LogP contribution < -0.4 is 10.2 Å². The Balaban J connectivity index is 1.60. The number of anilines is 3. The second kappa shape index (κ2) is 6.69. The van der Waals surface area contributed by atoms with Crippen LogP contribution in [0.2, 0.25) is 0 Å². The summed E-state index contributed by atoms with van der Waals surface area (Å²) in [6, 6.07) is 19.5. The van der Waals surface area contributed by atoms with Gasteiger partial charge in [-0.05, 0) is 58.2 Å². The Hall–Kier alpha value is -2.66. The van der Waals surface area contributed by atoms with Crippen LogP contribution in [0.15, 0.2) is 71.3 Å². The molecule has 2 heterocycles. The first-order valence-electron chi connectivity index (χ1n) is 8.10. The van der Waals surface area contributed by atoms with Crippen molar-refractivity contribution in [3.63, 3.8) is 0 Å². The summed E-state index contributed by atoms with van der Waals surface area (Å²) < 4.78 is 0.966. The normalized spacial score (nSPS) is 12.8. The monoisotopic (exact) mass is 393 g/mol. The van der Waals surface area contributed by atoms with Crippen LogP contribution in [0.5, 0.6) is 0 Å². The second-order valence-corrected chi connectivity index (χ2v) is 6.72. The first kappa shape index (κ1) is 15.8. The number of nitrogens with one attached hydrogen (secondary N) is 1. The zero-order valence-corrected chi connectivity index (χ0v) is 15.0. The molecule has 0 atom stereocenters. The van der Waals surface area contributed by atoms with E-state index in [2.05, 4.69) is 32.3 Å². The van der Waals surface area contributed by atoms with Gasteiger partial charge >= 0.3 is 0 Å². The number of para-hydroxylation sites is 2. The number of carbonyl (C=O) groups is 1. The first-order chi connectivity index (χ1) is 12.2. The zero-order chi connectivity index (χ0) is 17.2. The molecule has 1 N–H and O–H groups in total. The van der Waals surface area contributed by atoms with Crippen molar-refractivity contribution >= 4 is 38.9 Å². The van der Waals surface area contributed by atoms with Crippen LogP contribution in [0.25, 0.3) is 0 Å². The third-order valence-electron chi connectivity index (χ3n) is 4.26. The average molecular weight is 394 g/mol. The fourth-order valence-corrected chi connectivity index (χ4v) is 3.41. The Morgan fingerprint density at radius 2 is 1.88 bits per heavy atom. The Morgan fingerprint density at radius 1 is 1.08 bits per heavy atom. The Bertz CT molecular complexity index is 941. The predicted molar refractivity (Wildman–Crippen MR) is 103 cm³/mol. The lowest BCUT2D eigenvalue weighted by atomic mass is 10.2. The molecule has 2 aromatic carbocycles. The van der Waals surface area contributed by atoms with Gasteiger partial charge in [0, 0.05) is 28.6 Å². The molecule has 0 aliphatic carbocycles. The van der Waals surface area contributed by atoms with Gasteiger partial charge in [0.1, 0.15) is 5.69 Å². The van der Waals surface area contributed by atoms with Crippen molar-refractivity contribution in [2.24, 2.45) is 0 Å². The molecule has 0 radical (unpaired) electrons. The summed E-state index contributed by atoms with van der Waals surface area (Å²) in [5.74, 6) is -0.0688. The van der Waals surface area contributed by atoms with E-state index in [4.69, 9.17) is 0 Å². The Kier molecular flexibility index (Phi) is 4.24. The molecule has 4 nitrogen and oxygen atoms in total. The highest BCUT2D eigenvalue weighted by Gasteiger charge is 2.26. The first-order valence-corrected chi connectivity index (χ1v) is 8.89. The molecule has 1 aliphatic rings. The van der Waals surface area contributed by atoms with E-state index in [0.29, 0.717) is 12.2 Å². The summed E-state index contributed by atoms with van der Waals surface area (Å²) in [5.41, 5.74) is 4.40. The Morgan fingerprint density at radius 3 is 2.76 bits per heavy atom. The van der Waals surface area contributed by atoms with Gasteiger partial charge < -0.3 is 10.2 Å². The number of hydrogen-bond acceptors (Lipinski definition) is 3. The summed E-state index contributed by atoms with van der Waals surface area (Å²) in [6.07, 6.45) is 2.55. The third-order valence-corrected chi connectivity index (χ3v) is 4.96. The highest BCUT2D eigenvalue weighted by Crippen LogP contribution is 2.29. The van der Waals surface area contributed by atoms with Crippen molar-refractivity contribution in [2.45, 2.75) is 6.42 Å². The van der Waals surface area contributed by atoms with Crippen LogP contribution in [0.1, 0.15) is 16.1 Å². The number of halogens is 1. The maximum Gasteiger partial charge on any atom is 0.276 e. The molecule has 0 bridgehead atoms. The lowest BCUT2D eigenvalue weighted by molar-refractivity contribution is 0.0984. The van der Waals surface area contributed by atoms with Gasteiger partial charge in [-0.2, -0.15) is 0 Å². The number of rotatable bonds is 3. The molecule has 0 saturated heterocycles. The molecule has 0 saturated carbocycles. The van der Waals surface area contributed by atoms with Crippen LogP contribution >= 0.6 is 15.9 Å². The minimum Gasteiger partial charge on any atom is -0.354 e. The standard InChI is InChI=1S/C20H16BrN3O/c21-16-6-2-3-7-17(16)23-15-9-11-22-18(13-15)20(25)24-12-10-14-5-1-4-8-19(14)24/h1-9,11,13H,10,12H2,(H,22,23). The lowest BCUT2D eigenvalue weighted by Crippen LogP contribution is -2.29. The number of nitrogens with zero attached hydrogens (tertiary/aromatic N) is 2. The number of carbonyl (C=O) groups excluding carboxylic acids is 1. The van der Waals surface area contributed by atoms with Crippen molar-refractivity contribution in [3.05, 3.63) is 82.6 Å². The summed E-state index contributed by atoms with van der Waals surface area (Å²) in [5, 5.41) is 3.32. The van der Waals surface area contributed by atoms with E-state index >= 15 is 0 Å². The third kappa shape index (κ3) is 3.15. The highest BCUT2D eigenvalue weighted by molar-refractivity contribution is 9.10. The van der Waals surface area contributed by atoms with E-state index in [-0.39, 0.29) is 5.91 Å². The number of fused-ring (bicyclic) bond motifs is 1. The van der Waals surface area contributed by atoms with Crippen molar-refractivity contribution < 1.29 is 4.79 Å². The lowest BCUT2D eigenvalue weighted by Gasteiger charge is -2.17. The van der Waals surface area contributed by atoms with Crippen LogP contribution in [0, 0.1) is 0 Å². The number of pyridine rings is 1. The fraction of sp³-hybridized carbons (Fsp3) is 0.100. The molecule has 0 unspecified atom stereocenters. The molecule has 1 amide bonds. The Labute approximate surface area is 154 Å². The minimum absolute atomic E-state index is 0.0688. The molecule has 124 valence electrons. The minimum atomic E-state index is -0.0688. The topological polar surface area (TPSA) is 45.2 Å². The summed E-state index contributed by atoms with van der Waals surface area (Å²) in [7, 11) is 0. The quantitative estimate of drug-likeness (QED) is 0.695. The van der Waals surface area contributed by atoms with Gasteiger partial charge in [0.25, 0.3) is 5.91 Å². The smallest absolute Gasteiger partial charge is 0.276 e. The molecule has 1 aromatic heterocycles. The van der Waals surface area contributed by atoms with E-state index in [0.717, 1.165) is 28.0 Å². The van der Waals surface area contributed by atoms with Crippen LogP contribution in [0.4, 0.5) is 17.1 Å². The number of aromatic nitrogens is 1. The van der Waals surface area contributed by atoms with Crippen LogP contribution in [-0.4, -0.2) is 17.4 Å². The molecular formula is C20H16BrN3O. The van der Waals surface area contributed by atoms with Crippen molar-refractivity contribution in [1.82, 2.24) is 4.98 Å². The van der Waals surface area contributed by atoms with E-state index in [9.17, 15) is 4.79 Å². The van der Waals surface area contributed by atoms with Gasteiger partial charge in [0.2, 0.25) is 0 Å². The van der Waals surface area contributed by atoms with E-state index in [1.165, 1.54) is 5.56 Å². The molecule has 25 heavy (non-hydrogen) atoms. The van der Waals surface area contributed by atoms with Crippen molar-refractivity contribution in [2.75, 3.05) is 16.8 Å². The number of amides is 1. The molecular weight excluding hydrogens is 378 g/mol. The largest absolute Gasteiger partial charge is 0.354 e. The van der Waals surface area contributed by atoms with Gasteiger partial charge in [-0.1, -0.05) is 30.3 Å². The maximum atomic E-state index is 12.9. The van der Waals surface area contributed by atoms with Gasteiger partial charge in [-0.25, -0.2) is 0 Å². The maximum absolute atomic E-state index is 12.9. The second-order valence-electron chi connectivity index (χ2n) is 5.87. The van der Waals surface area contributed by atoms with Gasteiger partial charge in [0.15, 0.2) is 0 Å². The molecule has 1 aliphatic heterocycles. The zero-order valence-electron chi connectivity index (χ0n) is 13.4. The predicted octanol–water partition coefficient (Wildman–Crippen LogP) is 4.79. The van der Waals surface area contributed by atoms with Crippen LogP contribution in [0.3, 0.4) is 0 Å². The molecule has 4 rings (SSSR count). The molecule has 0 spiro atoms. The number of hydrogen-bond donors (Lipinski definition) is 1. The van der Waals surface area contributed by atoms with Crippen molar-refractivity contribution in [1.29, 1.82) is 0 Å². The SMILES string of the molecule is O=C(c1cc(Nc2ccccc2Br)ccn1)N1CCc2ccccc21. The summed E-state index contributed by atoms with van der Waals surface area (Å²) in [6.45, 7) is 0.696. The fourth-order valence-electron chi connectivity index (χ4n) is 3.03. The van der Waals surface area contributed by atoms with Crippen LogP contribution in [-0.2, 0) is 6.42 Å². The van der Waals surface area contributed by atoms with E-state index in [1.807, 2.05) is 48.5 Å². The van der Waals surface area contributed by atoms with Gasteiger partial charge in [-0.3, -0.25) is 9.78 Å². The molecule has 0 fully saturated rings. The van der Waals surface area contributed by atoms with E-state index in [1.54, 1.807) is 17.2 Å². The molecule has 5 heteroatoms. The summed E-state index contributed by atoms with van der Waals surface area (Å²) in [4.78, 5) is 19.0. The highest BCUT2D eigenvalue weighted by atomic mass is 79.9.